The summed E-state index contributed by atoms with van der Waals surface area (Å²) in [5.74, 6) is 0. The van der Waals surface area contributed by atoms with E-state index >= 15 is 0 Å². The topological polar surface area (TPSA) is 50.7 Å². The van der Waals surface area contributed by atoms with Gasteiger partial charge < -0.3 is 19.9 Å². The average Bonchev–Trinajstić information content (AvgIpc) is 2.09. The first kappa shape index (κ1) is 13.8. The van der Waals surface area contributed by atoms with Gasteiger partial charge in [0, 0.05) is 19.7 Å². The maximum atomic E-state index is 9.60. The van der Waals surface area contributed by atoms with Crippen molar-refractivity contribution in [3.05, 3.63) is 0 Å². The maximum Gasteiger partial charge on any atom is 0.0741 e. The predicted molar refractivity (Wildman–Crippen MR) is 56.5 cm³/mol. The second kappa shape index (κ2) is 7.17. The molecule has 86 valence electrons. The molecule has 2 N–H and O–H groups in total. The van der Waals surface area contributed by atoms with Crippen LogP contribution >= 0.6 is 0 Å². The third-order valence-electron chi connectivity index (χ3n) is 2.19. The molecule has 0 aromatic heterocycles. The second-order valence-electron chi connectivity index (χ2n) is 3.93. The van der Waals surface area contributed by atoms with Crippen molar-refractivity contribution in [2.75, 3.05) is 33.5 Å². The monoisotopic (exact) mass is 205 g/mol. The highest BCUT2D eigenvalue weighted by Gasteiger charge is 2.20. The quantitative estimate of drug-likeness (QED) is 0.563. The fourth-order valence-corrected chi connectivity index (χ4v) is 0.842. The third-order valence-corrected chi connectivity index (χ3v) is 2.19. The van der Waals surface area contributed by atoms with Gasteiger partial charge in [-0.25, -0.2) is 0 Å². The van der Waals surface area contributed by atoms with Crippen LogP contribution in [-0.4, -0.2) is 50.2 Å². The smallest absolute Gasteiger partial charge is 0.0741 e. The summed E-state index contributed by atoms with van der Waals surface area (Å²) in [4.78, 5) is 0. The third kappa shape index (κ3) is 7.26. The summed E-state index contributed by atoms with van der Waals surface area (Å²) >= 11 is 0. The molecular formula is C10H23NO3. The molecule has 1 unspecified atom stereocenters. The van der Waals surface area contributed by atoms with E-state index in [0.29, 0.717) is 19.8 Å². The van der Waals surface area contributed by atoms with E-state index in [9.17, 15) is 5.11 Å². The fourth-order valence-electron chi connectivity index (χ4n) is 0.842. The number of rotatable bonds is 8. The first-order valence-electron chi connectivity index (χ1n) is 5.01. The number of aliphatic hydroxyl groups is 1. The Morgan fingerprint density at radius 2 is 1.93 bits per heavy atom. The zero-order valence-electron chi connectivity index (χ0n) is 9.67. The molecule has 0 saturated heterocycles. The largest absolute Gasteiger partial charge is 0.389 e. The van der Waals surface area contributed by atoms with E-state index in [4.69, 9.17) is 9.47 Å². The van der Waals surface area contributed by atoms with Gasteiger partial charge in [-0.05, 0) is 20.8 Å². The molecule has 0 fully saturated rings. The Labute approximate surface area is 86.6 Å². The van der Waals surface area contributed by atoms with E-state index in [1.165, 1.54) is 0 Å². The van der Waals surface area contributed by atoms with Gasteiger partial charge in [-0.15, -0.1) is 0 Å². The minimum Gasteiger partial charge on any atom is -0.389 e. The number of hydrogen-bond acceptors (Lipinski definition) is 4. The Bertz CT molecular complexity index is 134. The van der Waals surface area contributed by atoms with Gasteiger partial charge in [0.25, 0.3) is 0 Å². The number of hydrogen-bond donors (Lipinski definition) is 2. The van der Waals surface area contributed by atoms with Gasteiger partial charge >= 0.3 is 0 Å². The highest BCUT2D eigenvalue weighted by molar-refractivity contribution is 4.79. The van der Waals surface area contributed by atoms with Crippen molar-refractivity contribution in [1.82, 2.24) is 5.32 Å². The van der Waals surface area contributed by atoms with Crippen LogP contribution in [0.3, 0.4) is 0 Å². The van der Waals surface area contributed by atoms with Crippen molar-refractivity contribution in [2.24, 2.45) is 0 Å². The van der Waals surface area contributed by atoms with E-state index in [-0.39, 0.29) is 6.04 Å². The summed E-state index contributed by atoms with van der Waals surface area (Å²) < 4.78 is 10.1. The molecule has 0 aliphatic rings. The molecule has 14 heavy (non-hydrogen) atoms. The van der Waals surface area contributed by atoms with E-state index in [1.807, 2.05) is 6.92 Å². The Balaban J connectivity index is 3.28. The van der Waals surface area contributed by atoms with Crippen molar-refractivity contribution in [1.29, 1.82) is 0 Å². The number of ether oxygens (including phenoxy) is 2. The second-order valence-corrected chi connectivity index (χ2v) is 3.93. The Morgan fingerprint density at radius 1 is 1.29 bits per heavy atom. The predicted octanol–water partition coefficient (Wildman–Crippen LogP) is 0.398. The van der Waals surface area contributed by atoms with E-state index in [0.717, 1.165) is 6.54 Å². The lowest BCUT2D eigenvalue weighted by Gasteiger charge is -2.26. The van der Waals surface area contributed by atoms with Crippen LogP contribution in [0, 0.1) is 0 Å². The molecule has 0 rings (SSSR count). The van der Waals surface area contributed by atoms with Gasteiger partial charge in [0.1, 0.15) is 0 Å². The summed E-state index contributed by atoms with van der Waals surface area (Å²) in [5.41, 5.74) is -0.688. The SMILES string of the molecule is COCCOCCNC(C)C(C)(C)O. The molecule has 1 atom stereocenters. The van der Waals surface area contributed by atoms with Gasteiger partial charge in [-0.1, -0.05) is 0 Å². The van der Waals surface area contributed by atoms with Gasteiger partial charge in [0.15, 0.2) is 0 Å². The summed E-state index contributed by atoms with van der Waals surface area (Å²) in [5, 5.41) is 12.8. The maximum absolute atomic E-state index is 9.60. The standard InChI is InChI=1S/C10H23NO3/c1-9(10(2,3)12)11-5-6-14-8-7-13-4/h9,11-12H,5-8H2,1-4H3. The highest BCUT2D eigenvalue weighted by Crippen LogP contribution is 2.06. The molecule has 4 heteroatoms. The van der Waals surface area contributed by atoms with Crippen LogP contribution in [0.4, 0.5) is 0 Å². The molecule has 0 aliphatic heterocycles. The fraction of sp³-hybridized carbons (Fsp3) is 1.00. The van der Waals surface area contributed by atoms with Crippen LogP contribution < -0.4 is 5.32 Å². The van der Waals surface area contributed by atoms with Crippen LogP contribution in [0.25, 0.3) is 0 Å². The first-order chi connectivity index (χ1) is 6.48. The van der Waals surface area contributed by atoms with Gasteiger partial charge in [-0.3, -0.25) is 0 Å². The summed E-state index contributed by atoms with van der Waals surface area (Å²) in [6.45, 7) is 8.16. The normalized spacial score (nSPS) is 14.4. The van der Waals surface area contributed by atoms with Gasteiger partial charge in [0.05, 0.1) is 25.4 Å². The molecule has 0 spiro atoms. The van der Waals surface area contributed by atoms with Crippen molar-refractivity contribution >= 4 is 0 Å². The van der Waals surface area contributed by atoms with Crippen LogP contribution in [-0.2, 0) is 9.47 Å². The van der Waals surface area contributed by atoms with Crippen molar-refractivity contribution in [3.63, 3.8) is 0 Å². The van der Waals surface area contributed by atoms with Crippen LogP contribution in [0.1, 0.15) is 20.8 Å². The summed E-state index contributed by atoms with van der Waals surface area (Å²) in [6, 6.07) is 0.0634. The van der Waals surface area contributed by atoms with Crippen molar-refractivity contribution in [3.8, 4) is 0 Å². The van der Waals surface area contributed by atoms with Crippen molar-refractivity contribution < 1.29 is 14.6 Å². The molecule has 0 saturated carbocycles. The minimum atomic E-state index is -0.688. The lowest BCUT2D eigenvalue weighted by molar-refractivity contribution is 0.0357. The molecule has 0 bridgehead atoms. The van der Waals surface area contributed by atoms with Crippen LogP contribution in [0.5, 0.6) is 0 Å². The Morgan fingerprint density at radius 3 is 2.43 bits per heavy atom. The van der Waals surface area contributed by atoms with E-state index in [2.05, 4.69) is 5.32 Å². The minimum absolute atomic E-state index is 0.0634. The lowest BCUT2D eigenvalue weighted by atomic mass is 10.0. The van der Waals surface area contributed by atoms with Crippen LogP contribution in [0.2, 0.25) is 0 Å². The molecule has 0 aromatic rings. The van der Waals surface area contributed by atoms with Crippen LogP contribution in [0.15, 0.2) is 0 Å². The number of methoxy groups -OCH3 is 1. The lowest BCUT2D eigenvalue weighted by Crippen LogP contribution is -2.45. The summed E-state index contributed by atoms with van der Waals surface area (Å²) in [7, 11) is 1.65. The summed E-state index contributed by atoms with van der Waals surface area (Å²) in [6.07, 6.45) is 0. The zero-order valence-corrected chi connectivity index (χ0v) is 9.67. The molecule has 0 aliphatic carbocycles. The van der Waals surface area contributed by atoms with Gasteiger partial charge in [-0.2, -0.15) is 0 Å². The van der Waals surface area contributed by atoms with Gasteiger partial charge in [0.2, 0.25) is 0 Å². The molecule has 4 nitrogen and oxygen atoms in total. The average molecular weight is 205 g/mol. The number of nitrogens with one attached hydrogen (secondary N) is 1. The molecule has 0 aromatic carbocycles. The van der Waals surface area contributed by atoms with E-state index < -0.39 is 5.60 Å². The molecular weight excluding hydrogens is 182 g/mol. The van der Waals surface area contributed by atoms with E-state index in [1.54, 1.807) is 21.0 Å². The molecule has 0 heterocycles. The van der Waals surface area contributed by atoms with Crippen molar-refractivity contribution in [2.45, 2.75) is 32.4 Å². The Hall–Kier alpha value is -0.160. The Kier molecular flexibility index (Phi) is 7.09. The molecule has 0 amide bonds. The first-order valence-corrected chi connectivity index (χ1v) is 5.01. The highest BCUT2D eigenvalue weighted by atomic mass is 16.5. The zero-order chi connectivity index (χ0) is 11.0. The molecule has 0 radical (unpaired) electrons.